The van der Waals surface area contributed by atoms with E-state index in [0.717, 1.165) is 10.9 Å². The SMILES string of the molecule is Cc1ccc(CNc2cc(C(N)=O)c(N)cc2F)s1. The highest BCUT2D eigenvalue weighted by molar-refractivity contribution is 7.11. The van der Waals surface area contributed by atoms with Crippen LogP contribution >= 0.6 is 11.3 Å². The van der Waals surface area contributed by atoms with Crippen molar-refractivity contribution in [3.63, 3.8) is 0 Å². The molecule has 0 saturated carbocycles. The molecule has 2 rings (SSSR count). The lowest BCUT2D eigenvalue weighted by atomic mass is 10.1. The Hall–Kier alpha value is -2.08. The third kappa shape index (κ3) is 3.03. The Morgan fingerprint density at radius 3 is 2.74 bits per heavy atom. The Labute approximate surface area is 114 Å². The summed E-state index contributed by atoms with van der Waals surface area (Å²) >= 11 is 1.63. The zero-order valence-electron chi connectivity index (χ0n) is 10.4. The van der Waals surface area contributed by atoms with Crippen molar-refractivity contribution >= 4 is 28.6 Å². The zero-order chi connectivity index (χ0) is 14.0. The second-order valence-corrected chi connectivity index (χ2v) is 5.52. The number of carbonyl (C=O) groups is 1. The van der Waals surface area contributed by atoms with Crippen LogP contribution < -0.4 is 16.8 Å². The summed E-state index contributed by atoms with van der Waals surface area (Å²) in [6, 6.07) is 6.41. The second-order valence-electron chi connectivity index (χ2n) is 4.15. The Balaban J connectivity index is 2.20. The average molecular weight is 279 g/mol. The number of anilines is 2. The molecule has 2 aromatic rings. The molecule has 0 atom stereocenters. The van der Waals surface area contributed by atoms with Crippen LogP contribution in [0.3, 0.4) is 0 Å². The fourth-order valence-electron chi connectivity index (χ4n) is 1.70. The lowest BCUT2D eigenvalue weighted by Gasteiger charge is -2.09. The number of benzene rings is 1. The number of primary amides is 1. The molecule has 4 nitrogen and oxygen atoms in total. The van der Waals surface area contributed by atoms with Gasteiger partial charge in [0.15, 0.2) is 0 Å². The average Bonchev–Trinajstić information content (AvgIpc) is 2.73. The molecule has 0 unspecified atom stereocenters. The van der Waals surface area contributed by atoms with Crippen molar-refractivity contribution in [3.05, 3.63) is 45.4 Å². The van der Waals surface area contributed by atoms with E-state index in [0.29, 0.717) is 6.54 Å². The molecule has 0 fully saturated rings. The van der Waals surface area contributed by atoms with Gasteiger partial charge in [0, 0.05) is 22.0 Å². The third-order valence-corrected chi connectivity index (χ3v) is 3.65. The van der Waals surface area contributed by atoms with Crippen molar-refractivity contribution in [1.82, 2.24) is 0 Å². The van der Waals surface area contributed by atoms with Gasteiger partial charge in [-0.1, -0.05) is 0 Å². The maximum atomic E-state index is 13.7. The van der Waals surface area contributed by atoms with E-state index in [9.17, 15) is 9.18 Å². The molecule has 0 saturated heterocycles. The van der Waals surface area contributed by atoms with Crippen LogP contribution in [0.1, 0.15) is 20.1 Å². The standard InChI is InChI=1S/C13H14FN3OS/c1-7-2-3-8(19-7)6-17-12-4-9(13(16)18)11(15)5-10(12)14/h2-5,17H,6,15H2,1H3,(H2,16,18). The molecule has 1 amide bonds. The first-order valence-corrected chi connectivity index (χ1v) is 6.47. The van der Waals surface area contributed by atoms with E-state index in [-0.39, 0.29) is 16.9 Å². The highest BCUT2D eigenvalue weighted by Gasteiger charge is 2.11. The first kappa shape index (κ1) is 13.4. The number of hydrogen-bond donors (Lipinski definition) is 3. The summed E-state index contributed by atoms with van der Waals surface area (Å²) < 4.78 is 13.7. The molecule has 0 spiro atoms. The monoisotopic (exact) mass is 279 g/mol. The van der Waals surface area contributed by atoms with Crippen LogP contribution in [0, 0.1) is 12.7 Å². The number of hydrogen-bond acceptors (Lipinski definition) is 4. The quantitative estimate of drug-likeness (QED) is 0.752. The van der Waals surface area contributed by atoms with Gasteiger partial charge in [0.2, 0.25) is 0 Å². The van der Waals surface area contributed by atoms with Crippen LogP contribution in [0.25, 0.3) is 0 Å². The summed E-state index contributed by atoms with van der Waals surface area (Å²) in [5, 5.41) is 2.94. The van der Waals surface area contributed by atoms with Crippen LogP contribution in [0.15, 0.2) is 24.3 Å². The van der Waals surface area contributed by atoms with E-state index >= 15 is 0 Å². The number of halogens is 1. The van der Waals surface area contributed by atoms with Crippen molar-refractivity contribution in [1.29, 1.82) is 0 Å². The van der Waals surface area contributed by atoms with Gasteiger partial charge in [-0.25, -0.2) is 4.39 Å². The summed E-state index contributed by atoms with van der Waals surface area (Å²) in [7, 11) is 0. The number of amides is 1. The van der Waals surface area contributed by atoms with Crippen LogP contribution in [-0.2, 0) is 6.54 Å². The first-order valence-electron chi connectivity index (χ1n) is 5.65. The van der Waals surface area contributed by atoms with Gasteiger partial charge in [-0.05, 0) is 31.2 Å². The van der Waals surface area contributed by atoms with Crippen molar-refractivity contribution in [2.24, 2.45) is 5.73 Å². The van der Waals surface area contributed by atoms with E-state index in [1.54, 1.807) is 11.3 Å². The Morgan fingerprint density at radius 1 is 1.42 bits per heavy atom. The van der Waals surface area contributed by atoms with Gasteiger partial charge in [0.25, 0.3) is 5.91 Å². The number of carbonyl (C=O) groups excluding carboxylic acids is 1. The van der Waals surface area contributed by atoms with Crippen LogP contribution in [0.4, 0.5) is 15.8 Å². The number of nitrogen functional groups attached to an aromatic ring is 1. The highest BCUT2D eigenvalue weighted by Crippen LogP contribution is 2.23. The number of nitrogens with one attached hydrogen (secondary N) is 1. The van der Waals surface area contributed by atoms with E-state index < -0.39 is 11.7 Å². The molecule has 0 radical (unpaired) electrons. The molecule has 0 aliphatic heterocycles. The van der Waals surface area contributed by atoms with Gasteiger partial charge < -0.3 is 16.8 Å². The molecule has 1 heterocycles. The summed E-state index contributed by atoms with van der Waals surface area (Å²) in [6.45, 7) is 2.49. The normalized spacial score (nSPS) is 10.4. The Kier molecular flexibility index (Phi) is 3.71. The highest BCUT2D eigenvalue weighted by atomic mass is 32.1. The maximum Gasteiger partial charge on any atom is 0.250 e. The topological polar surface area (TPSA) is 81.1 Å². The van der Waals surface area contributed by atoms with Gasteiger partial charge in [0.05, 0.1) is 11.3 Å². The second kappa shape index (κ2) is 5.27. The lowest BCUT2D eigenvalue weighted by molar-refractivity contribution is 0.100. The minimum absolute atomic E-state index is 0.0440. The lowest BCUT2D eigenvalue weighted by Crippen LogP contribution is -2.14. The molecule has 5 N–H and O–H groups in total. The summed E-state index contributed by atoms with van der Waals surface area (Å²) in [5.74, 6) is -1.18. The number of aryl methyl sites for hydroxylation is 1. The molecule has 1 aromatic carbocycles. The molecular formula is C13H14FN3OS. The fourth-order valence-corrected chi connectivity index (χ4v) is 2.53. The fraction of sp³-hybridized carbons (Fsp3) is 0.154. The van der Waals surface area contributed by atoms with Crippen LogP contribution in [0.2, 0.25) is 0 Å². The van der Waals surface area contributed by atoms with Crippen LogP contribution in [-0.4, -0.2) is 5.91 Å². The van der Waals surface area contributed by atoms with Gasteiger partial charge in [-0.2, -0.15) is 0 Å². The summed E-state index contributed by atoms with van der Waals surface area (Å²) in [6.07, 6.45) is 0. The molecule has 19 heavy (non-hydrogen) atoms. The molecule has 0 bridgehead atoms. The van der Waals surface area contributed by atoms with E-state index in [1.807, 2.05) is 19.1 Å². The first-order chi connectivity index (χ1) is 8.97. The predicted molar refractivity (Wildman–Crippen MR) is 75.7 cm³/mol. The largest absolute Gasteiger partial charge is 0.398 e. The third-order valence-electron chi connectivity index (χ3n) is 2.65. The molecular weight excluding hydrogens is 265 g/mol. The molecule has 100 valence electrons. The minimum atomic E-state index is -0.674. The number of thiophene rings is 1. The van der Waals surface area contributed by atoms with Crippen molar-refractivity contribution in [3.8, 4) is 0 Å². The summed E-state index contributed by atoms with van der Waals surface area (Å²) in [5.41, 5.74) is 11.1. The molecule has 1 aromatic heterocycles. The van der Waals surface area contributed by atoms with E-state index in [2.05, 4.69) is 5.32 Å². The van der Waals surface area contributed by atoms with Crippen molar-refractivity contribution < 1.29 is 9.18 Å². The van der Waals surface area contributed by atoms with Crippen molar-refractivity contribution in [2.45, 2.75) is 13.5 Å². The molecule has 0 aliphatic rings. The van der Waals surface area contributed by atoms with E-state index in [1.165, 1.54) is 10.9 Å². The van der Waals surface area contributed by atoms with Gasteiger partial charge in [0.1, 0.15) is 5.82 Å². The van der Waals surface area contributed by atoms with Gasteiger partial charge in [-0.15, -0.1) is 11.3 Å². The Morgan fingerprint density at radius 2 is 2.16 bits per heavy atom. The van der Waals surface area contributed by atoms with E-state index in [4.69, 9.17) is 11.5 Å². The molecule has 0 aliphatic carbocycles. The predicted octanol–water partition coefficient (Wildman–Crippen LogP) is 2.49. The van der Waals surface area contributed by atoms with Crippen molar-refractivity contribution in [2.75, 3.05) is 11.1 Å². The van der Waals surface area contributed by atoms with Gasteiger partial charge in [-0.3, -0.25) is 4.79 Å². The Bertz CT molecular complexity index is 624. The number of nitrogens with two attached hydrogens (primary N) is 2. The van der Waals surface area contributed by atoms with Gasteiger partial charge >= 0.3 is 0 Å². The smallest absolute Gasteiger partial charge is 0.250 e. The molecule has 6 heteroatoms. The zero-order valence-corrected chi connectivity index (χ0v) is 11.2. The maximum absolute atomic E-state index is 13.7. The summed E-state index contributed by atoms with van der Waals surface area (Å²) in [4.78, 5) is 13.4. The number of rotatable bonds is 4. The van der Waals surface area contributed by atoms with Crippen LogP contribution in [0.5, 0.6) is 0 Å². The minimum Gasteiger partial charge on any atom is -0.398 e.